The molecular formula is C23H22N6O5S. The van der Waals surface area contributed by atoms with E-state index >= 15 is 0 Å². The summed E-state index contributed by atoms with van der Waals surface area (Å²) in [7, 11) is -3.96. The van der Waals surface area contributed by atoms with Crippen LogP contribution in [-0.4, -0.2) is 46.3 Å². The van der Waals surface area contributed by atoms with Gasteiger partial charge in [0.15, 0.2) is 17.6 Å². The summed E-state index contributed by atoms with van der Waals surface area (Å²) in [6.45, 7) is 4.88. The molecule has 0 radical (unpaired) electrons. The molecule has 0 aliphatic heterocycles. The molecule has 1 amide bonds. The van der Waals surface area contributed by atoms with Gasteiger partial charge in [-0.1, -0.05) is 18.2 Å². The number of hydrogen-bond donors (Lipinski definition) is 3. The van der Waals surface area contributed by atoms with Crippen LogP contribution in [0.1, 0.15) is 28.4 Å². The molecule has 2 aromatic carbocycles. The number of sulfonamides is 1. The third-order valence-corrected chi connectivity index (χ3v) is 6.51. The lowest BCUT2D eigenvalue weighted by molar-refractivity contribution is -0.123. The summed E-state index contributed by atoms with van der Waals surface area (Å²) >= 11 is 0. The molecule has 12 heteroatoms. The van der Waals surface area contributed by atoms with E-state index in [2.05, 4.69) is 30.0 Å². The topological polar surface area (TPSA) is 156 Å². The number of rotatable bonds is 7. The number of nitrogens with zero attached hydrogens (tertiary/aromatic N) is 3. The highest BCUT2D eigenvalue weighted by atomic mass is 32.2. The summed E-state index contributed by atoms with van der Waals surface area (Å²) < 4.78 is 33.5. The van der Waals surface area contributed by atoms with Gasteiger partial charge in [-0.3, -0.25) is 9.52 Å². The maximum Gasteiger partial charge on any atom is 0.339 e. The summed E-state index contributed by atoms with van der Waals surface area (Å²) in [5.41, 5.74) is 2.60. The zero-order valence-corrected chi connectivity index (χ0v) is 19.9. The number of ether oxygens (including phenoxy) is 1. The standard InChI is InChI=1S/C23H22N6O5S/c1-13-5-4-6-16(9-13)29-35(32,33)17-8-7-14(2)18(10-17)23(31)34-15(3)22(30)28-21-19-20(25-11-24-19)26-12-27-21/h4-12,15,29H,1-3H3,(H2,24,25,26,27,28,30). The fourth-order valence-corrected chi connectivity index (χ4v) is 4.34. The number of hydrogen-bond acceptors (Lipinski definition) is 8. The predicted molar refractivity (Wildman–Crippen MR) is 128 cm³/mol. The molecule has 0 aliphatic rings. The Hall–Kier alpha value is -4.32. The van der Waals surface area contributed by atoms with Crippen molar-refractivity contribution in [1.82, 2.24) is 19.9 Å². The van der Waals surface area contributed by atoms with Gasteiger partial charge in [-0.05, 0) is 56.2 Å². The van der Waals surface area contributed by atoms with Crippen molar-refractivity contribution in [3.8, 4) is 0 Å². The number of fused-ring (bicyclic) bond motifs is 1. The minimum Gasteiger partial charge on any atom is -0.449 e. The Morgan fingerprint density at radius 2 is 1.86 bits per heavy atom. The predicted octanol–water partition coefficient (Wildman–Crippen LogP) is 2.95. The molecule has 0 saturated heterocycles. The van der Waals surface area contributed by atoms with E-state index in [-0.39, 0.29) is 16.3 Å². The van der Waals surface area contributed by atoms with Crippen LogP contribution in [0.4, 0.5) is 11.5 Å². The van der Waals surface area contributed by atoms with Gasteiger partial charge in [-0.25, -0.2) is 28.2 Å². The highest BCUT2D eigenvalue weighted by molar-refractivity contribution is 7.92. The summed E-state index contributed by atoms with van der Waals surface area (Å²) in [6.07, 6.45) is 1.46. The lowest BCUT2D eigenvalue weighted by Gasteiger charge is -2.15. The van der Waals surface area contributed by atoms with Crippen LogP contribution in [0.3, 0.4) is 0 Å². The fourth-order valence-electron chi connectivity index (χ4n) is 3.27. The smallest absolute Gasteiger partial charge is 0.339 e. The SMILES string of the molecule is Cc1cccc(NS(=O)(=O)c2ccc(C)c(C(=O)OC(C)C(=O)Nc3ncnc4nc[nH]c34)c2)c1. The number of aromatic nitrogens is 4. The molecule has 0 fully saturated rings. The summed E-state index contributed by atoms with van der Waals surface area (Å²) in [6, 6.07) is 11.0. The van der Waals surface area contributed by atoms with Gasteiger partial charge < -0.3 is 15.0 Å². The number of aryl methyl sites for hydroxylation is 2. The molecule has 0 spiro atoms. The van der Waals surface area contributed by atoms with Gasteiger partial charge in [0.2, 0.25) is 0 Å². The zero-order valence-electron chi connectivity index (χ0n) is 19.1. The number of amides is 1. The lowest BCUT2D eigenvalue weighted by atomic mass is 10.1. The minimum atomic E-state index is -3.96. The van der Waals surface area contributed by atoms with E-state index in [1.807, 2.05) is 13.0 Å². The van der Waals surface area contributed by atoms with E-state index in [9.17, 15) is 18.0 Å². The van der Waals surface area contributed by atoms with Gasteiger partial charge in [0, 0.05) is 5.69 Å². The summed E-state index contributed by atoms with van der Waals surface area (Å²) in [5.74, 6) is -1.28. The van der Waals surface area contributed by atoms with Crippen LogP contribution in [0.2, 0.25) is 0 Å². The highest BCUT2D eigenvalue weighted by Gasteiger charge is 2.24. The Kier molecular flexibility index (Phi) is 6.47. The average Bonchev–Trinajstić information content (AvgIpc) is 3.29. The van der Waals surface area contributed by atoms with Crippen LogP contribution in [0, 0.1) is 13.8 Å². The van der Waals surface area contributed by atoms with E-state index in [0.717, 1.165) is 5.56 Å². The number of carbonyl (C=O) groups is 2. The average molecular weight is 495 g/mol. The molecule has 4 rings (SSSR count). The number of anilines is 2. The Morgan fingerprint density at radius 3 is 2.63 bits per heavy atom. The van der Waals surface area contributed by atoms with Gasteiger partial charge in [-0.15, -0.1) is 0 Å². The van der Waals surface area contributed by atoms with Crippen molar-refractivity contribution >= 4 is 44.6 Å². The number of aromatic amines is 1. The first-order valence-corrected chi connectivity index (χ1v) is 12.0. The number of imidazole rings is 1. The largest absolute Gasteiger partial charge is 0.449 e. The number of esters is 1. The number of H-pyrrole nitrogens is 1. The van der Waals surface area contributed by atoms with Crippen LogP contribution in [0.5, 0.6) is 0 Å². The van der Waals surface area contributed by atoms with Crippen LogP contribution >= 0.6 is 0 Å². The second kappa shape index (κ2) is 9.50. The van der Waals surface area contributed by atoms with Crippen LogP contribution in [-0.2, 0) is 19.6 Å². The van der Waals surface area contributed by atoms with Crippen molar-refractivity contribution < 1.29 is 22.7 Å². The van der Waals surface area contributed by atoms with Crippen molar-refractivity contribution in [2.45, 2.75) is 31.8 Å². The van der Waals surface area contributed by atoms with Crippen LogP contribution < -0.4 is 10.0 Å². The number of nitrogens with one attached hydrogen (secondary N) is 3. The fraction of sp³-hybridized carbons (Fsp3) is 0.174. The van der Waals surface area contributed by atoms with Crippen LogP contribution in [0.25, 0.3) is 11.2 Å². The Morgan fingerprint density at radius 1 is 1.06 bits per heavy atom. The highest BCUT2D eigenvalue weighted by Crippen LogP contribution is 2.21. The Labute approximate surface area is 201 Å². The van der Waals surface area contributed by atoms with Gasteiger partial charge >= 0.3 is 5.97 Å². The Bertz CT molecular complexity index is 1530. The van der Waals surface area contributed by atoms with Gasteiger partial charge in [0.25, 0.3) is 15.9 Å². The molecule has 2 aromatic heterocycles. The van der Waals surface area contributed by atoms with Crippen molar-refractivity contribution in [2.75, 3.05) is 10.0 Å². The van der Waals surface area contributed by atoms with Crippen LogP contribution in [0.15, 0.2) is 60.0 Å². The molecule has 4 aromatic rings. The molecule has 3 N–H and O–H groups in total. The quantitative estimate of drug-likeness (QED) is 0.331. The summed E-state index contributed by atoms with van der Waals surface area (Å²) in [5, 5.41) is 2.57. The molecule has 0 saturated carbocycles. The summed E-state index contributed by atoms with van der Waals surface area (Å²) in [4.78, 5) is 40.1. The molecule has 0 aliphatic carbocycles. The third-order valence-electron chi connectivity index (χ3n) is 5.13. The maximum atomic E-state index is 12.9. The molecule has 11 nitrogen and oxygen atoms in total. The van der Waals surface area contributed by atoms with E-state index < -0.39 is 28.0 Å². The Balaban J connectivity index is 1.49. The minimum absolute atomic E-state index is 0.0229. The van der Waals surface area contributed by atoms with E-state index in [1.165, 1.54) is 37.8 Å². The first kappa shape index (κ1) is 23.8. The normalized spacial score (nSPS) is 12.2. The van der Waals surface area contributed by atoms with Crippen molar-refractivity contribution in [3.63, 3.8) is 0 Å². The zero-order chi connectivity index (χ0) is 25.2. The maximum absolute atomic E-state index is 12.9. The van der Waals surface area contributed by atoms with Crippen molar-refractivity contribution in [3.05, 3.63) is 71.8 Å². The van der Waals surface area contributed by atoms with Crippen molar-refractivity contribution in [2.24, 2.45) is 0 Å². The first-order chi connectivity index (χ1) is 16.6. The molecule has 1 atom stereocenters. The monoisotopic (exact) mass is 494 g/mol. The molecule has 180 valence electrons. The molecule has 1 unspecified atom stereocenters. The van der Waals surface area contributed by atoms with E-state index in [4.69, 9.17) is 4.74 Å². The second-order valence-electron chi connectivity index (χ2n) is 7.81. The van der Waals surface area contributed by atoms with Gasteiger partial charge in [-0.2, -0.15) is 0 Å². The lowest BCUT2D eigenvalue weighted by Crippen LogP contribution is -2.30. The van der Waals surface area contributed by atoms with E-state index in [0.29, 0.717) is 22.4 Å². The van der Waals surface area contributed by atoms with Crippen molar-refractivity contribution in [1.29, 1.82) is 0 Å². The molecule has 2 heterocycles. The number of benzene rings is 2. The molecular weight excluding hydrogens is 472 g/mol. The van der Waals surface area contributed by atoms with Gasteiger partial charge in [0.1, 0.15) is 11.8 Å². The molecule has 35 heavy (non-hydrogen) atoms. The van der Waals surface area contributed by atoms with Gasteiger partial charge in [0.05, 0.1) is 16.8 Å². The molecule has 0 bridgehead atoms. The first-order valence-electron chi connectivity index (χ1n) is 10.5. The van der Waals surface area contributed by atoms with E-state index in [1.54, 1.807) is 25.1 Å². The number of carbonyl (C=O) groups excluding carboxylic acids is 2. The third kappa shape index (κ3) is 5.27. The second-order valence-corrected chi connectivity index (χ2v) is 9.49.